The van der Waals surface area contributed by atoms with Gasteiger partial charge in [-0.15, -0.1) is 11.3 Å². The summed E-state index contributed by atoms with van der Waals surface area (Å²) in [5.41, 5.74) is 1.83. The Morgan fingerprint density at radius 3 is 2.77 bits per heavy atom. The number of fused-ring (bicyclic) bond motifs is 1. The predicted molar refractivity (Wildman–Crippen MR) is 123 cm³/mol. The number of rotatable bonds is 10. The first-order valence-corrected chi connectivity index (χ1v) is 10.9. The number of amides is 1. The Kier molecular flexibility index (Phi) is 7.80. The van der Waals surface area contributed by atoms with Crippen LogP contribution in [0.25, 0.3) is 10.1 Å². The molecule has 2 aromatic carbocycles. The monoisotopic (exact) mass is 422 g/mol. The summed E-state index contributed by atoms with van der Waals surface area (Å²) >= 11 is 1.45. The molecule has 1 amide bonds. The highest BCUT2D eigenvalue weighted by atomic mass is 32.1. The Hall–Kier alpha value is -2.92. The van der Waals surface area contributed by atoms with E-state index >= 15 is 0 Å². The molecule has 0 spiro atoms. The smallest absolute Gasteiger partial charge is 0.265 e. The Balaban J connectivity index is 1.62. The molecule has 0 aliphatic carbocycles. The van der Waals surface area contributed by atoms with Crippen molar-refractivity contribution in [3.63, 3.8) is 0 Å². The van der Waals surface area contributed by atoms with Crippen molar-refractivity contribution in [2.45, 2.75) is 13.3 Å². The van der Waals surface area contributed by atoms with Gasteiger partial charge < -0.3 is 20.6 Å². The van der Waals surface area contributed by atoms with E-state index in [1.807, 2.05) is 36.4 Å². The number of likely N-dealkylation sites (N-methyl/N-ethyl adjacent to an activating group) is 1. The number of aliphatic hydroxyl groups is 1. The summed E-state index contributed by atoms with van der Waals surface area (Å²) in [6, 6.07) is 17.3. The highest BCUT2D eigenvalue weighted by molar-refractivity contribution is 7.20. The Morgan fingerprint density at radius 2 is 2.03 bits per heavy atom. The molecule has 30 heavy (non-hydrogen) atoms. The predicted octanol–water partition coefficient (Wildman–Crippen LogP) is 4.14. The van der Waals surface area contributed by atoms with Gasteiger partial charge in [-0.25, -0.2) is 0 Å². The van der Waals surface area contributed by atoms with Gasteiger partial charge in [0.25, 0.3) is 5.91 Å². The van der Waals surface area contributed by atoms with Crippen LogP contribution in [0.2, 0.25) is 0 Å². The van der Waals surface area contributed by atoms with Gasteiger partial charge in [-0.2, -0.15) is 5.26 Å². The lowest BCUT2D eigenvalue weighted by molar-refractivity contribution is 0.103. The van der Waals surface area contributed by atoms with Crippen LogP contribution >= 0.6 is 11.3 Å². The molecular weight excluding hydrogens is 396 g/mol. The maximum absolute atomic E-state index is 12.6. The average Bonchev–Trinajstić information content (AvgIpc) is 3.21. The van der Waals surface area contributed by atoms with Gasteiger partial charge in [0.15, 0.2) is 0 Å². The normalized spacial score (nSPS) is 10.9. The fourth-order valence-corrected chi connectivity index (χ4v) is 4.18. The lowest BCUT2D eigenvalue weighted by atomic mass is 10.1. The van der Waals surface area contributed by atoms with Gasteiger partial charge in [-0.3, -0.25) is 4.79 Å². The number of aliphatic hydroxyl groups excluding tert-OH is 1. The molecule has 3 N–H and O–H groups in total. The summed E-state index contributed by atoms with van der Waals surface area (Å²) in [7, 11) is 0. The summed E-state index contributed by atoms with van der Waals surface area (Å²) in [5.74, 6) is -0.178. The fourth-order valence-electron chi connectivity index (χ4n) is 3.23. The van der Waals surface area contributed by atoms with E-state index in [1.165, 1.54) is 11.3 Å². The van der Waals surface area contributed by atoms with Crippen molar-refractivity contribution in [3.8, 4) is 6.07 Å². The molecule has 7 heteroatoms. The Bertz CT molecular complexity index is 1010. The van der Waals surface area contributed by atoms with Crippen LogP contribution in [0.4, 0.5) is 11.4 Å². The lowest BCUT2D eigenvalue weighted by Gasteiger charge is -2.20. The van der Waals surface area contributed by atoms with Crippen molar-refractivity contribution >= 4 is 38.7 Å². The third kappa shape index (κ3) is 5.57. The SMILES string of the molecule is CCN(CCCO)CCNc1ccc(NC(=O)c2cc3ccccc3s2)cc1C#N. The van der Waals surface area contributed by atoms with Crippen molar-refractivity contribution < 1.29 is 9.90 Å². The van der Waals surface area contributed by atoms with Gasteiger partial charge in [0, 0.05) is 36.6 Å². The van der Waals surface area contributed by atoms with Crippen LogP contribution in [0, 0.1) is 11.3 Å². The number of carbonyl (C=O) groups excluding carboxylic acids is 1. The van der Waals surface area contributed by atoms with E-state index in [9.17, 15) is 10.1 Å². The number of nitriles is 1. The van der Waals surface area contributed by atoms with Gasteiger partial charge in [0.05, 0.1) is 16.1 Å². The first-order valence-electron chi connectivity index (χ1n) is 10.1. The summed E-state index contributed by atoms with van der Waals surface area (Å²) in [6.45, 7) is 5.56. The molecule has 1 heterocycles. The lowest BCUT2D eigenvalue weighted by Crippen LogP contribution is -2.30. The van der Waals surface area contributed by atoms with Gasteiger partial charge in [0.2, 0.25) is 0 Å². The molecule has 0 radical (unpaired) electrons. The van der Waals surface area contributed by atoms with Gasteiger partial charge in [0.1, 0.15) is 6.07 Å². The summed E-state index contributed by atoms with van der Waals surface area (Å²) in [6.07, 6.45) is 0.755. The molecule has 0 aliphatic heterocycles. The molecule has 3 rings (SSSR count). The van der Waals surface area contributed by atoms with Crippen LogP contribution < -0.4 is 10.6 Å². The maximum Gasteiger partial charge on any atom is 0.265 e. The topological polar surface area (TPSA) is 88.4 Å². The van der Waals surface area contributed by atoms with E-state index in [0.717, 1.165) is 41.8 Å². The molecule has 0 bridgehead atoms. The maximum atomic E-state index is 12.6. The van der Waals surface area contributed by atoms with Crippen LogP contribution in [0.3, 0.4) is 0 Å². The molecule has 0 fully saturated rings. The molecule has 3 aromatic rings. The van der Waals surface area contributed by atoms with E-state index in [-0.39, 0.29) is 12.5 Å². The van der Waals surface area contributed by atoms with E-state index in [1.54, 1.807) is 12.1 Å². The molecule has 0 atom stereocenters. The average molecular weight is 423 g/mol. The molecular formula is C23H26N4O2S. The van der Waals surface area contributed by atoms with Crippen molar-refractivity contribution in [2.75, 3.05) is 43.4 Å². The van der Waals surface area contributed by atoms with E-state index in [4.69, 9.17) is 5.11 Å². The first-order chi connectivity index (χ1) is 14.6. The standard InChI is InChI=1S/C23H26N4O2S/c1-2-27(11-5-13-28)12-10-25-20-9-8-19(14-18(20)16-24)26-23(29)22-15-17-6-3-4-7-21(17)30-22/h3-4,6-9,14-15,25,28H,2,5,10-13H2,1H3,(H,26,29). The van der Waals surface area contributed by atoms with Crippen molar-refractivity contribution in [3.05, 3.63) is 59.0 Å². The minimum atomic E-state index is -0.178. The Morgan fingerprint density at radius 1 is 1.20 bits per heavy atom. The first kappa shape index (κ1) is 21.8. The molecule has 156 valence electrons. The van der Waals surface area contributed by atoms with Crippen LogP contribution in [0.15, 0.2) is 48.5 Å². The summed E-state index contributed by atoms with van der Waals surface area (Å²) in [4.78, 5) is 15.5. The number of anilines is 2. The van der Waals surface area contributed by atoms with Crippen LogP contribution in [0.1, 0.15) is 28.6 Å². The molecule has 1 aromatic heterocycles. The van der Waals surface area contributed by atoms with E-state index in [2.05, 4.69) is 28.5 Å². The van der Waals surface area contributed by atoms with Crippen LogP contribution in [0.5, 0.6) is 0 Å². The van der Waals surface area contributed by atoms with Gasteiger partial charge in [-0.1, -0.05) is 25.1 Å². The highest BCUT2D eigenvalue weighted by Gasteiger charge is 2.12. The minimum absolute atomic E-state index is 0.178. The van der Waals surface area contributed by atoms with E-state index in [0.29, 0.717) is 22.7 Å². The molecule has 0 aliphatic rings. The van der Waals surface area contributed by atoms with Crippen molar-refractivity contribution in [2.24, 2.45) is 0 Å². The molecule has 0 saturated carbocycles. The van der Waals surface area contributed by atoms with Crippen LogP contribution in [-0.2, 0) is 0 Å². The van der Waals surface area contributed by atoms with Crippen LogP contribution in [-0.4, -0.2) is 48.7 Å². The second-order valence-corrected chi connectivity index (χ2v) is 8.00. The second kappa shape index (κ2) is 10.7. The largest absolute Gasteiger partial charge is 0.396 e. The summed E-state index contributed by atoms with van der Waals surface area (Å²) in [5, 5.41) is 25.7. The fraction of sp³-hybridized carbons (Fsp3) is 0.304. The number of benzene rings is 2. The third-order valence-electron chi connectivity index (χ3n) is 4.87. The highest BCUT2D eigenvalue weighted by Crippen LogP contribution is 2.26. The quantitative estimate of drug-likeness (QED) is 0.457. The number of thiophene rings is 1. The number of hydrogen-bond donors (Lipinski definition) is 3. The zero-order chi connectivity index (χ0) is 21.3. The third-order valence-corrected chi connectivity index (χ3v) is 5.99. The molecule has 0 saturated heterocycles. The number of nitrogens with one attached hydrogen (secondary N) is 2. The number of hydrogen-bond acceptors (Lipinski definition) is 6. The summed E-state index contributed by atoms with van der Waals surface area (Å²) < 4.78 is 1.07. The zero-order valence-electron chi connectivity index (χ0n) is 17.0. The second-order valence-electron chi connectivity index (χ2n) is 6.91. The van der Waals surface area contributed by atoms with Gasteiger partial charge in [-0.05, 0) is 48.7 Å². The zero-order valence-corrected chi connectivity index (χ0v) is 17.8. The van der Waals surface area contributed by atoms with E-state index < -0.39 is 0 Å². The number of nitrogens with zero attached hydrogens (tertiary/aromatic N) is 2. The van der Waals surface area contributed by atoms with Gasteiger partial charge >= 0.3 is 0 Å². The number of carbonyl (C=O) groups is 1. The Labute approximate surface area is 180 Å². The minimum Gasteiger partial charge on any atom is -0.396 e. The molecule has 6 nitrogen and oxygen atoms in total. The van der Waals surface area contributed by atoms with Crippen molar-refractivity contribution in [1.29, 1.82) is 5.26 Å². The van der Waals surface area contributed by atoms with Crippen molar-refractivity contribution in [1.82, 2.24) is 4.90 Å². The molecule has 0 unspecified atom stereocenters.